The van der Waals surface area contributed by atoms with Crippen LogP contribution in [-0.2, 0) is 0 Å². The topological polar surface area (TPSA) is 65.8 Å². The van der Waals surface area contributed by atoms with Gasteiger partial charge in [0.2, 0.25) is 0 Å². The van der Waals surface area contributed by atoms with Crippen molar-refractivity contribution in [3.8, 4) is 6.07 Å². The summed E-state index contributed by atoms with van der Waals surface area (Å²) in [6, 6.07) is 16.3. The molecule has 0 aliphatic rings. The highest BCUT2D eigenvalue weighted by Gasteiger charge is 2.12. The number of aromatic nitrogens is 1. The van der Waals surface area contributed by atoms with Crippen molar-refractivity contribution in [3.05, 3.63) is 65.5 Å². The van der Waals surface area contributed by atoms with Gasteiger partial charge in [-0.15, -0.1) is 0 Å². The average molecular weight is 251 g/mol. The van der Waals surface area contributed by atoms with Gasteiger partial charge < -0.3 is 5.32 Å². The quantitative estimate of drug-likeness (QED) is 0.911. The summed E-state index contributed by atoms with van der Waals surface area (Å²) in [5.41, 5.74) is 1.51. The predicted molar refractivity (Wildman–Crippen MR) is 71.3 cm³/mol. The maximum absolute atomic E-state index is 12.0. The molecule has 0 aliphatic carbocycles. The molecule has 1 heterocycles. The van der Waals surface area contributed by atoms with Crippen LogP contribution >= 0.6 is 0 Å². The summed E-state index contributed by atoms with van der Waals surface area (Å²) >= 11 is 0. The van der Waals surface area contributed by atoms with Gasteiger partial charge in [0.25, 0.3) is 5.91 Å². The number of nitrogens with zero attached hydrogens (tertiary/aromatic N) is 2. The summed E-state index contributed by atoms with van der Waals surface area (Å²) in [7, 11) is 0. The highest BCUT2D eigenvalue weighted by atomic mass is 16.1. The molecule has 0 spiro atoms. The van der Waals surface area contributed by atoms with Crippen LogP contribution in [0.3, 0.4) is 0 Å². The third-order valence-electron chi connectivity index (χ3n) is 2.74. The molecule has 19 heavy (non-hydrogen) atoms. The summed E-state index contributed by atoms with van der Waals surface area (Å²) < 4.78 is 0. The summed E-state index contributed by atoms with van der Waals surface area (Å²) in [6.07, 6.45) is 0. The number of rotatable bonds is 3. The van der Waals surface area contributed by atoms with E-state index in [1.54, 1.807) is 18.2 Å². The Balaban J connectivity index is 2.11. The highest BCUT2D eigenvalue weighted by molar-refractivity contribution is 5.92. The number of nitrogens with one attached hydrogen (secondary N) is 1. The Bertz CT molecular complexity index is 617. The van der Waals surface area contributed by atoms with Crippen molar-refractivity contribution >= 4 is 5.91 Å². The van der Waals surface area contributed by atoms with Gasteiger partial charge in [-0.2, -0.15) is 5.26 Å². The van der Waals surface area contributed by atoms with E-state index in [0.29, 0.717) is 0 Å². The maximum Gasteiger partial charge on any atom is 0.270 e. The lowest BCUT2D eigenvalue weighted by atomic mass is 10.1. The lowest BCUT2D eigenvalue weighted by molar-refractivity contribution is 0.0935. The van der Waals surface area contributed by atoms with Crippen LogP contribution in [0.5, 0.6) is 0 Å². The van der Waals surface area contributed by atoms with E-state index in [9.17, 15) is 4.79 Å². The lowest BCUT2D eigenvalue weighted by Crippen LogP contribution is -2.27. The number of amides is 1. The van der Waals surface area contributed by atoms with Crippen LogP contribution in [0.4, 0.5) is 0 Å². The van der Waals surface area contributed by atoms with Crippen LogP contribution in [0, 0.1) is 11.3 Å². The molecule has 1 atom stereocenters. The van der Waals surface area contributed by atoms with E-state index in [0.717, 1.165) is 5.56 Å². The molecular weight excluding hydrogens is 238 g/mol. The number of nitriles is 1. The minimum atomic E-state index is -0.284. The molecular formula is C15H13N3O. The van der Waals surface area contributed by atoms with Crippen molar-refractivity contribution < 1.29 is 4.79 Å². The van der Waals surface area contributed by atoms with Crippen LogP contribution < -0.4 is 5.32 Å². The van der Waals surface area contributed by atoms with Gasteiger partial charge in [-0.05, 0) is 24.6 Å². The van der Waals surface area contributed by atoms with Gasteiger partial charge >= 0.3 is 0 Å². The molecule has 2 rings (SSSR count). The highest BCUT2D eigenvalue weighted by Crippen LogP contribution is 2.11. The molecule has 0 bridgehead atoms. The fourth-order valence-electron chi connectivity index (χ4n) is 1.72. The average Bonchev–Trinajstić information content (AvgIpc) is 2.48. The molecule has 0 saturated carbocycles. The first-order chi connectivity index (χ1) is 9.20. The van der Waals surface area contributed by atoms with Crippen molar-refractivity contribution in [2.24, 2.45) is 0 Å². The molecule has 0 aliphatic heterocycles. The first kappa shape index (κ1) is 12.8. The van der Waals surface area contributed by atoms with Crippen LogP contribution in [-0.4, -0.2) is 10.9 Å². The van der Waals surface area contributed by atoms with Crippen LogP contribution in [0.25, 0.3) is 0 Å². The Morgan fingerprint density at radius 1 is 1.21 bits per heavy atom. The summed E-state index contributed by atoms with van der Waals surface area (Å²) in [5, 5.41) is 11.6. The first-order valence-electron chi connectivity index (χ1n) is 5.93. The minimum Gasteiger partial charge on any atom is -0.344 e. The zero-order valence-electron chi connectivity index (χ0n) is 10.5. The molecule has 0 fully saturated rings. The van der Waals surface area contributed by atoms with Crippen molar-refractivity contribution in [3.63, 3.8) is 0 Å². The van der Waals surface area contributed by atoms with Gasteiger partial charge in [0, 0.05) is 0 Å². The molecule has 1 unspecified atom stereocenters. The van der Waals surface area contributed by atoms with E-state index < -0.39 is 0 Å². The van der Waals surface area contributed by atoms with E-state index in [2.05, 4.69) is 10.3 Å². The maximum atomic E-state index is 12.0. The number of pyridine rings is 1. The van der Waals surface area contributed by atoms with Crippen molar-refractivity contribution in [2.75, 3.05) is 0 Å². The minimum absolute atomic E-state index is 0.110. The van der Waals surface area contributed by atoms with Gasteiger partial charge in [0.1, 0.15) is 17.5 Å². The molecule has 4 heteroatoms. The third-order valence-corrected chi connectivity index (χ3v) is 2.74. The number of hydrogen-bond acceptors (Lipinski definition) is 3. The molecule has 0 saturated heterocycles. The Kier molecular flexibility index (Phi) is 3.89. The Morgan fingerprint density at radius 2 is 1.95 bits per heavy atom. The van der Waals surface area contributed by atoms with Crippen LogP contribution in [0.2, 0.25) is 0 Å². The molecule has 1 N–H and O–H groups in total. The van der Waals surface area contributed by atoms with Crippen molar-refractivity contribution in [1.29, 1.82) is 5.26 Å². The lowest BCUT2D eigenvalue weighted by Gasteiger charge is -2.13. The number of hydrogen-bond donors (Lipinski definition) is 1. The zero-order valence-corrected chi connectivity index (χ0v) is 10.5. The molecule has 4 nitrogen and oxygen atoms in total. The Morgan fingerprint density at radius 3 is 2.63 bits per heavy atom. The zero-order chi connectivity index (χ0) is 13.7. The van der Waals surface area contributed by atoms with E-state index in [1.165, 1.54) is 0 Å². The molecule has 1 amide bonds. The smallest absolute Gasteiger partial charge is 0.270 e. The normalized spacial score (nSPS) is 11.4. The fraction of sp³-hybridized carbons (Fsp3) is 0.133. The SMILES string of the molecule is CC(NC(=O)c1cccc(C#N)n1)c1ccccc1. The van der Waals surface area contributed by atoms with Gasteiger partial charge in [-0.3, -0.25) is 4.79 Å². The number of carbonyl (C=O) groups excluding carboxylic acids is 1. The monoisotopic (exact) mass is 251 g/mol. The van der Waals surface area contributed by atoms with Gasteiger partial charge in [0.15, 0.2) is 0 Å². The van der Waals surface area contributed by atoms with E-state index in [1.807, 2.05) is 43.3 Å². The van der Waals surface area contributed by atoms with Gasteiger partial charge in [0.05, 0.1) is 6.04 Å². The summed E-state index contributed by atoms with van der Waals surface area (Å²) in [6.45, 7) is 1.90. The fourth-order valence-corrected chi connectivity index (χ4v) is 1.72. The molecule has 1 aromatic heterocycles. The second-order valence-electron chi connectivity index (χ2n) is 4.13. The summed E-state index contributed by atoms with van der Waals surface area (Å²) in [5.74, 6) is -0.284. The van der Waals surface area contributed by atoms with E-state index in [-0.39, 0.29) is 23.3 Å². The molecule has 0 radical (unpaired) electrons. The van der Waals surface area contributed by atoms with Crippen LogP contribution in [0.1, 0.15) is 34.7 Å². The number of benzene rings is 1. The van der Waals surface area contributed by atoms with Crippen molar-refractivity contribution in [2.45, 2.75) is 13.0 Å². The molecule has 94 valence electrons. The Hall–Kier alpha value is -2.67. The number of carbonyl (C=O) groups is 1. The first-order valence-corrected chi connectivity index (χ1v) is 5.93. The Labute approximate surface area is 111 Å². The molecule has 2 aromatic rings. The summed E-state index contributed by atoms with van der Waals surface area (Å²) in [4.78, 5) is 16.0. The van der Waals surface area contributed by atoms with Gasteiger partial charge in [-0.1, -0.05) is 36.4 Å². The second kappa shape index (κ2) is 5.78. The van der Waals surface area contributed by atoms with E-state index in [4.69, 9.17) is 5.26 Å². The largest absolute Gasteiger partial charge is 0.344 e. The standard InChI is InChI=1S/C15H13N3O/c1-11(12-6-3-2-4-7-12)17-15(19)14-9-5-8-13(10-16)18-14/h2-9,11H,1H3,(H,17,19). The second-order valence-corrected chi connectivity index (χ2v) is 4.13. The van der Waals surface area contributed by atoms with Crippen LogP contribution in [0.15, 0.2) is 48.5 Å². The van der Waals surface area contributed by atoms with Gasteiger partial charge in [-0.25, -0.2) is 4.98 Å². The predicted octanol–water partition coefficient (Wildman–Crippen LogP) is 2.44. The van der Waals surface area contributed by atoms with E-state index >= 15 is 0 Å². The van der Waals surface area contributed by atoms with Crippen molar-refractivity contribution in [1.82, 2.24) is 10.3 Å². The third kappa shape index (κ3) is 3.17. The molecule has 1 aromatic carbocycles.